The molecule has 0 radical (unpaired) electrons. The van der Waals surface area contributed by atoms with Crippen LogP contribution in [0.3, 0.4) is 0 Å². The van der Waals surface area contributed by atoms with Crippen LogP contribution < -0.4 is 0 Å². The minimum Gasteiger partial charge on any atom is -0.481 e. The molecular weight excluding hydrogens is 214 g/mol. The molecule has 0 aromatic heterocycles. The second-order valence-corrected chi connectivity index (χ2v) is 3.99. The molecule has 3 nitrogen and oxygen atoms in total. The maximum absolute atomic E-state index is 11.0. The van der Waals surface area contributed by atoms with E-state index in [-0.39, 0.29) is 12.5 Å². The molecule has 0 amide bonds. The van der Waals surface area contributed by atoms with Gasteiger partial charge in [0, 0.05) is 6.54 Å². The van der Waals surface area contributed by atoms with Crippen LogP contribution in [0.2, 0.25) is 0 Å². The van der Waals surface area contributed by atoms with Crippen molar-refractivity contribution in [3.63, 3.8) is 0 Å². The standard InChI is InChI=1S/C14H15NO2/c16-14(17)11-13(12-7-3-1-4-8-12)15-9-5-2-6-10-15/h1-9,13H,10-11H2,(H,16,17). The summed E-state index contributed by atoms with van der Waals surface area (Å²) in [5.74, 6) is -0.776. The molecule has 1 atom stereocenters. The summed E-state index contributed by atoms with van der Waals surface area (Å²) in [5, 5.41) is 9.01. The maximum Gasteiger partial charge on any atom is 0.305 e. The number of carboxylic acid groups (broad SMARTS) is 1. The van der Waals surface area contributed by atoms with Gasteiger partial charge in [-0.2, -0.15) is 0 Å². The lowest BCUT2D eigenvalue weighted by molar-refractivity contribution is -0.138. The molecule has 1 unspecified atom stereocenters. The van der Waals surface area contributed by atoms with Gasteiger partial charge in [0.15, 0.2) is 0 Å². The first-order chi connectivity index (χ1) is 8.27. The fourth-order valence-corrected chi connectivity index (χ4v) is 1.98. The fraction of sp³-hybridized carbons (Fsp3) is 0.214. The van der Waals surface area contributed by atoms with Crippen molar-refractivity contribution in [2.45, 2.75) is 12.5 Å². The van der Waals surface area contributed by atoms with Crippen LogP contribution >= 0.6 is 0 Å². The van der Waals surface area contributed by atoms with Crippen LogP contribution in [0.5, 0.6) is 0 Å². The van der Waals surface area contributed by atoms with Gasteiger partial charge in [-0.25, -0.2) is 0 Å². The summed E-state index contributed by atoms with van der Waals surface area (Å²) in [5.41, 5.74) is 1.04. The van der Waals surface area contributed by atoms with E-state index >= 15 is 0 Å². The van der Waals surface area contributed by atoms with Gasteiger partial charge in [-0.05, 0) is 17.8 Å². The van der Waals surface area contributed by atoms with Gasteiger partial charge in [-0.15, -0.1) is 0 Å². The van der Waals surface area contributed by atoms with Crippen LogP contribution in [0.4, 0.5) is 0 Å². The molecule has 0 saturated heterocycles. The lowest BCUT2D eigenvalue weighted by atomic mass is 10.0. The van der Waals surface area contributed by atoms with E-state index in [0.29, 0.717) is 0 Å². The van der Waals surface area contributed by atoms with E-state index in [1.165, 1.54) is 0 Å². The van der Waals surface area contributed by atoms with E-state index in [2.05, 4.69) is 0 Å². The van der Waals surface area contributed by atoms with Gasteiger partial charge in [-0.3, -0.25) is 4.79 Å². The number of carboxylic acids is 1. The average Bonchev–Trinajstić information content (AvgIpc) is 2.38. The van der Waals surface area contributed by atoms with Crippen LogP contribution in [0.15, 0.2) is 54.8 Å². The topological polar surface area (TPSA) is 40.5 Å². The Morgan fingerprint density at radius 1 is 1.29 bits per heavy atom. The Hall–Kier alpha value is -2.03. The molecular formula is C14H15NO2. The average molecular weight is 229 g/mol. The maximum atomic E-state index is 11.0. The molecule has 0 aliphatic carbocycles. The molecule has 1 aliphatic heterocycles. The largest absolute Gasteiger partial charge is 0.481 e. The Morgan fingerprint density at radius 2 is 2.06 bits per heavy atom. The van der Waals surface area contributed by atoms with E-state index in [1.54, 1.807) is 0 Å². The van der Waals surface area contributed by atoms with Gasteiger partial charge in [0.2, 0.25) is 0 Å². The fourth-order valence-electron chi connectivity index (χ4n) is 1.98. The van der Waals surface area contributed by atoms with Gasteiger partial charge in [-0.1, -0.05) is 42.5 Å². The number of allylic oxidation sites excluding steroid dienone is 2. The minimum atomic E-state index is -0.776. The van der Waals surface area contributed by atoms with Crippen molar-refractivity contribution in [3.05, 3.63) is 60.3 Å². The van der Waals surface area contributed by atoms with Crippen LogP contribution in [-0.2, 0) is 4.79 Å². The number of rotatable bonds is 4. The summed E-state index contributed by atoms with van der Waals surface area (Å²) in [6.07, 6.45) is 7.99. The molecule has 0 bridgehead atoms. The Bertz CT molecular complexity index is 437. The summed E-state index contributed by atoms with van der Waals surface area (Å²) in [6, 6.07) is 9.66. The normalized spacial score (nSPS) is 15.9. The Kier molecular flexibility index (Phi) is 3.60. The minimum absolute atomic E-state index is 0.102. The quantitative estimate of drug-likeness (QED) is 0.862. The molecule has 3 heteroatoms. The number of hydrogen-bond donors (Lipinski definition) is 1. The Morgan fingerprint density at radius 3 is 2.65 bits per heavy atom. The summed E-state index contributed by atoms with van der Waals surface area (Å²) >= 11 is 0. The Labute approximate surface area is 101 Å². The number of nitrogens with zero attached hydrogens (tertiary/aromatic N) is 1. The number of hydrogen-bond acceptors (Lipinski definition) is 2. The third-order valence-electron chi connectivity index (χ3n) is 2.79. The lowest BCUT2D eigenvalue weighted by Crippen LogP contribution is -2.27. The zero-order valence-electron chi connectivity index (χ0n) is 9.49. The summed E-state index contributed by atoms with van der Waals surface area (Å²) in [4.78, 5) is 13.0. The highest BCUT2D eigenvalue weighted by Crippen LogP contribution is 2.25. The highest BCUT2D eigenvalue weighted by atomic mass is 16.4. The number of benzene rings is 1. The summed E-state index contributed by atoms with van der Waals surface area (Å²) in [7, 11) is 0. The van der Waals surface area contributed by atoms with Crippen LogP contribution in [-0.4, -0.2) is 22.5 Å². The molecule has 1 N–H and O–H groups in total. The van der Waals surface area contributed by atoms with Crippen LogP contribution in [0, 0.1) is 0 Å². The van der Waals surface area contributed by atoms with Gasteiger partial charge in [0.25, 0.3) is 0 Å². The monoisotopic (exact) mass is 229 g/mol. The number of carbonyl (C=O) groups is 1. The van der Waals surface area contributed by atoms with E-state index in [1.807, 2.05) is 59.7 Å². The van der Waals surface area contributed by atoms with E-state index in [9.17, 15) is 4.79 Å². The lowest BCUT2D eigenvalue weighted by Gasteiger charge is -2.30. The van der Waals surface area contributed by atoms with Crippen molar-refractivity contribution in [1.82, 2.24) is 4.90 Å². The zero-order valence-corrected chi connectivity index (χ0v) is 9.49. The van der Waals surface area contributed by atoms with Crippen LogP contribution in [0.25, 0.3) is 0 Å². The van der Waals surface area contributed by atoms with Gasteiger partial charge < -0.3 is 10.0 Å². The molecule has 1 aliphatic rings. The van der Waals surface area contributed by atoms with Crippen molar-refractivity contribution in [2.24, 2.45) is 0 Å². The van der Waals surface area contributed by atoms with E-state index in [4.69, 9.17) is 5.11 Å². The molecule has 1 heterocycles. The zero-order chi connectivity index (χ0) is 12.1. The van der Waals surface area contributed by atoms with Crippen molar-refractivity contribution in [2.75, 3.05) is 6.54 Å². The second kappa shape index (κ2) is 5.34. The predicted molar refractivity (Wildman–Crippen MR) is 66.4 cm³/mol. The highest BCUT2D eigenvalue weighted by molar-refractivity contribution is 5.68. The SMILES string of the molecule is O=C(O)CC(c1ccccc1)N1C=CC=CC1. The Balaban J connectivity index is 2.22. The van der Waals surface area contributed by atoms with E-state index in [0.717, 1.165) is 12.1 Å². The molecule has 2 rings (SSSR count). The second-order valence-electron chi connectivity index (χ2n) is 3.99. The molecule has 1 aromatic rings. The molecule has 1 aromatic carbocycles. The van der Waals surface area contributed by atoms with Crippen molar-refractivity contribution >= 4 is 5.97 Å². The first kappa shape index (κ1) is 11.5. The third-order valence-corrected chi connectivity index (χ3v) is 2.79. The first-order valence-corrected chi connectivity index (χ1v) is 5.63. The summed E-state index contributed by atoms with van der Waals surface area (Å²) < 4.78 is 0. The predicted octanol–water partition coefficient (Wildman–Crippen LogP) is 2.59. The summed E-state index contributed by atoms with van der Waals surface area (Å²) in [6.45, 7) is 0.753. The van der Waals surface area contributed by atoms with E-state index < -0.39 is 5.97 Å². The van der Waals surface area contributed by atoms with Gasteiger partial charge in [0.1, 0.15) is 0 Å². The van der Waals surface area contributed by atoms with Gasteiger partial charge >= 0.3 is 5.97 Å². The van der Waals surface area contributed by atoms with Crippen molar-refractivity contribution in [1.29, 1.82) is 0 Å². The molecule has 88 valence electrons. The third kappa shape index (κ3) is 2.97. The van der Waals surface area contributed by atoms with Crippen molar-refractivity contribution < 1.29 is 9.90 Å². The molecule has 17 heavy (non-hydrogen) atoms. The van der Waals surface area contributed by atoms with Crippen LogP contribution in [0.1, 0.15) is 18.0 Å². The van der Waals surface area contributed by atoms with Crippen molar-refractivity contribution in [3.8, 4) is 0 Å². The number of aliphatic carboxylic acids is 1. The van der Waals surface area contributed by atoms with Gasteiger partial charge in [0.05, 0.1) is 12.5 Å². The first-order valence-electron chi connectivity index (χ1n) is 5.63. The smallest absolute Gasteiger partial charge is 0.305 e. The molecule has 0 spiro atoms. The molecule has 0 fully saturated rings. The highest BCUT2D eigenvalue weighted by Gasteiger charge is 2.20. The molecule has 0 saturated carbocycles.